The molecule has 0 saturated heterocycles. The van der Waals surface area contributed by atoms with Gasteiger partial charge in [-0.2, -0.15) is 0 Å². The van der Waals surface area contributed by atoms with E-state index in [1.807, 2.05) is 0 Å². The number of halogens is 1. The molecule has 0 radical (unpaired) electrons. The number of anilines is 1. The fourth-order valence-electron chi connectivity index (χ4n) is 2.59. The lowest BCUT2D eigenvalue weighted by Gasteiger charge is -2.16. The van der Waals surface area contributed by atoms with Gasteiger partial charge in [0.25, 0.3) is 0 Å². The Balaban J connectivity index is 0.00000441. The van der Waals surface area contributed by atoms with Crippen molar-refractivity contribution in [2.45, 2.75) is 40.5 Å². The first-order valence-corrected chi connectivity index (χ1v) is 7.66. The zero-order chi connectivity index (χ0) is 15.8. The maximum atomic E-state index is 9.12. The number of aliphatic hydroxyl groups excluding tert-OH is 1. The molecule has 0 aliphatic carbocycles. The van der Waals surface area contributed by atoms with Crippen LogP contribution < -0.4 is 11.1 Å². The summed E-state index contributed by atoms with van der Waals surface area (Å²) in [6.07, 6.45) is 1.83. The predicted molar refractivity (Wildman–Crippen MR) is 106 cm³/mol. The van der Waals surface area contributed by atoms with Crippen molar-refractivity contribution in [3.8, 4) is 0 Å². The number of hydrogen-bond acceptors (Lipinski definition) is 2. The van der Waals surface area contributed by atoms with Crippen LogP contribution in [0.5, 0.6) is 0 Å². The van der Waals surface area contributed by atoms with E-state index in [1.165, 1.54) is 11.1 Å². The van der Waals surface area contributed by atoms with Crippen LogP contribution in [0.4, 0.5) is 5.69 Å². The van der Waals surface area contributed by atoms with Crippen molar-refractivity contribution in [2.24, 2.45) is 22.6 Å². The van der Waals surface area contributed by atoms with Gasteiger partial charge in [-0.1, -0.05) is 19.9 Å². The largest absolute Gasteiger partial charge is 0.396 e. The Bertz CT molecular complexity index is 455. The van der Waals surface area contributed by atoms with Crippen LogP contribution in [0.2, 0.25) is 0 Å². The fraction of sp³-hybridized carbons (Fsp3) is 0.588. The van der Waals surface area contributed by atoms with E-state index in [4.69, 9.17) is 10.8 Å². The molecule has 0 heterocycles. The molecular formula is C17H30IN3O. The quantitative estimate of drug-likeness (QED) is 0.359. The molecule has 5 heteroatoms. The Kier molecular flexibility index (Phi) is 10.4. The molecule has 1 aromatic rings. The first-order chi connectivity index (χ1) is 9.90. The van der Waals surface area contributed by atoms with Gasteiger partial charge in [-0.05, 0) is 61.8 Å². The van der Waals surface area contributed by atoms with Crippen molar-refractivity contribution in [3.63, 3.8) is 0 Å². The first-order valence-electron chi connectivity index (χ1n) is 7.66. The molecule has 0 saturated carbocycles. The number of aryl methyl sites for hydroxylation is 2. The molecule has 0 aliphatic rings. The number of nitrogens with two attached hydrogens (primary N) is 1. The van der Waals surface area contributed by atoms with Crippen LogP contribution in [0.3, 0.4) is 0 Å². The summed E-state index contributed by atoms with van der Waals surface area (Å²) in [7, 11) is 0. The second-order valence-electron chi connectivity index (χ2n) is 6.24. The Morgan fingerprint density at radius 2 is 1.82 bits per heavy atom. The maximum absolute atomic E-state index is 9.12. The second-order valence-corrected chi connectivity index (χ2v) is 6.24. The lowest BCUT2D eigenvalue weighted by molar-refractivity contribution is 0.246. The standard InChI is InChI=1S/C17H29N3O.HI/c1-12(2)7-15(5-6-21)11-19-17(18)20-16-9-13(3)8-14(4)10-16;/h8-10,12,15,21H,5-7,11H2,1-4H3,(H3,18,19,20);1H. The van der Waals surface area contributed by atoms with Crippen molar-refractivity contribution < 1.29 is 5.11 Å². The third-order valence-corrected chi connectivity index (χ3v) is 3.36. The minimum atomic E-state index is 0. The second kappa shape index (κ2) is 10.8. The van der Waals surface area contributed by atoms with Crippen molar-refractivity contribution in [3.05, 3.63) is 29.3 Å². The van der Waals surface area contributed by atoms with Crippen LogP contribution in [-0.2, 0) is 0 Å². The molecule has 22 heavy (non-hydrogen) atoms. The van der Waals surface area contributed by atoms with E-state index in [1.54, 1.807) is 0 Å². The Hall–Kier alpha value is -0.820. The molecule has 0 spiro atoms. The summed E-state index contributed by atoms with van der Waals surface area (Å²) in [5.74, 6) is 1.42. The summed E-state index contributed by atoms with van der Waals surface area (Å²) < 4.78 is 0. The molecule has 0 bridgehead atoms. The van der Waals surface area contributed by atoms with Gasteiger partial charge in [0.2, 0.25) is 0 Å². The minimum Gasteiger partial charge on any atom is -0.396 e. The molecule has 1 rings (SSSR count). The smallest absolute Gasteiger partial charge is 0.193 e. The number of guanidine groups is 1. The average molecular weight is 419 g/mol. The van der Waals surface area contributed by atoms with Gasteiger partial charge in [-0.25, -0.2) is 0 Å². The molecular weight excluding hydrogens is 389 g/mol. The predicted octanol–water partition coefficient (Wildman–Crippen LogP) is 3.69. The number of nitrogens with one attached hydrogen (secondary N) is 1. The highest BCUT2D eigenvalue weighted by atomic mass is 127. The number of aliphatic imine (C=N–C) groups is 1. The topological polar surface area (TPSA) is 70.6 Å². The molecule has 0 aliphatic heterocycles. The lowest BCUT2D eigenvalue weighted by atomic mass is 9.94. The van der Waals surface area contributed by atoms with Gasteiger partial charge in [-0.15, -0.1) is 24.0 Å². The van der Waals surface area contributed by atoms with Gasteiger partial charge in [-0.3, -0.25) is 4.99 Å². The molecule has 1 unspecified atom stereocenters. The molecule has 4 N–H and O–H groups in total. The van der Waals surface area contributed by atoms with E-state index >= 15 is 0 Å². The molecule has 0 amide bonds. The number of nitrogens with zero attached hydrogens (tertiary/aromatic N) is 1. The van der Waals surface area contributed by atoms with Gasteiger partial charge < -0.3 is 16.2 Å². The van der Waals surface area contributed by atoms with Crippen molar-refractivity contribution in [2.75, 3.05) is 18.5 Å². The van der Waals surface area contributed by atoms with Gasteiger partial charge >= 0.3 is 0 Å². The van der Waals surface area contributed by atoms with Crippen molar-refractivity contribution in [1.29, 1.82) is 0 Å². The summed E-state index contributed by atoms with van der Waals surface area (Å²) >= 11 is 0. The third-order valence-electron chi connectivity index (χ3n) is 3.36. The number of rotatable bonds is 7. The maximum Gasteiger partial charge on any atom is 0.193 e. The fourth-order valence-corrected chi connectivity index (χ4v) is 2.59. The summed E-state index contributed by atoms with van der Waals surface area (Å²) in [4.78, 5) is 4.42. The van der Waals surface area contributed by atoms with E-state index in [2.05, 4.69) is 56.2 Å². The van der Waals surface area contributed by atoms with Gasteiger partial charge in [0.15, 0.2) is 5.96 Å². The Morgan fingerprint density at radius 3 is 2.32 bits per heavy atom. The van der Waals surface area contributed by atoms with Gasteiger partial charge in [0.05, 0.1) is 0 Å². The van der Waals surface area contributed by atoms with E-state index < -0.39 is 0 Å². The first kappa shape index (κ1) is 21.2. The Labute approximate surface area is 151 Å². The van der Waals surface area contributed by atoms with E-state index in [-0.39, 0.29) is 30.6 Å². The van der Waals surface area contributed by atoms with Crippen LogP contribution in [0.15, 0.2) is 23.2 Å². The Morgan fingerprint density at radius 1 is 1.23 bits per heavy atom. The van der Waals surface area contributed by atoms with E-state index in [0.717, 1.165) is 18.5 Å². The van der Waals surface area contributed by atoms with Crippen LogP contribution in [0.25, 0.3) is 0 Å². The highest BCUT2D eigenvalue weighted by Crippen LogP contribution is 2.16. The molecule has 0 fully saturated rings. The van der Waals surface area contributed by atoms with E-state index in [0.29, 0.717) is 24.3 Å². The van der Waals surface area contributed by atoms with Crippen molar-refractivity contribution >= 4 is 35.6 Å². The normalized spacial score (nSPS) is 12.9. The minimum absolute atomic E-state index is 0. The average Bonchev–Trinajstić information content (AvgIpc) is 2.34. The summed E-state index contributed by atoms with van der Waals surface area (Å²) in [5.41, 5.74) is 9.32. The molecule has 126 valence electrons. The van der Waals surface area contributed by atoms with Crippen LogP contribution in [0, 0.1) is 25.7 Å². The molecule has 0 aromatic heterocycles. The molecule has 1 atom stereocenters. The zero-order valence-electron chi connectivity index (χ0n) is 14.1. The molecule has 4 nitrogen and oxygen atoms in total. The summed E-state index contributed by atoms with van der Waals surface area (Å²) in [5, 5.41) is 12.3. The van der Waals surface area contributed by atoms with Gasteiger partial charge in [0.1, 0.15) is 0 Å². The molecule has 1 aromatic carbocycles. The summed E-state index contributed by atoms with van der Waals surface area (Å²) in [6.45, 7) is 9.35. The highest BCUT2D eigenvalue weighted by Gasteiger charge is 2.10. The monoisotopic (exact) mass is 419 g/mol. The number of aliphatic hydroxyl groups is 1. The summed E-state index contributed by atoms with van der Waals surface area (Å²) in [6, 6.07) is 6.22. The van der Waals surface area contributed by atoms with Crippen molar-refractivity contribution in [1.82, 2.24) is 0 Å². The third kappa shape index (κ3) is 8.58. The van der Waals surface area contributed by atoms with E-state index in [9.17, 15) is 0 Å². The zero-order valence-corrected chi connectivity index (χ0v) is 16.4. The number of benzene rings is 1. The van der Waals surface area contributed by atoms with Crippen LogP contribution >= 0.6 is 24.0 Å². The SMILES string of the molecule is Cc1cc(C)cc(NC(N)=NCC(CCO)CC(C)C)c1.I. The number of hydrogen-bond donors (Lipinski definition) is 3. The van der Waals surface area contributed by atoms with Crippen LogP contribution in [-0.4, -0.2) is 24.2 Å². The lowest BCUT2D eigenvalue weighted by Crippen LogP contribution is -2.24. The highest BCUT2D eigenvalue weighted by molar-refractivity contribution is 14.0. The van der Waals surface area contributed by atoms with Crippen LogP contribution in [0.1, 0.15) is 37.8 Å². The van der Waals surface area contributed by atoms with Gasteiger partial charge in [0, 0.05) is 18.8 Å².